The number of amides is 3. The third kappa shape index (κ3) is 9.61. The zero-order chi connectivity index (χ0) is 34.6. The van der Waals surface area contributed by atoms with Gasteiger partial charge in [-0.15, -0.1) is 11.3 Å². The predicted octanol–water partition coefficient (Wildman–Crippen LogP) is 2.95. The highest BCUT2D eigenvalue weighted by Crippen LogP contribution is 2.39. The fourth-order valence-corrected chi connectivity index (χ4v) is 7.83. The number of sulfone groups is 1. The topological polar surface area (TPSA) is 158 Å². The second-order valence-electron chi connectivity index (χ2n) is 14.8. The SMILES string of the molecule is CC(C)(C)NC(=O)[C@@H]1C[C@@H]2CCCC[C@@H]2CN1C[C@@H](O)[C@H](Cc1ccccc1)NC(=O)[C@@H](NC(=O)c1cncs1)C(C)(C)S(C)(=O)=O. The van der Waals surface area contributed by atoms with E-state index in [0.29, 0.717) is 24.8 Å². The zero-order valence-corrected chi connectivity index (χ0v) is 30.0. The molecule has 2 aliphatic rings. The summed E-state index contributed by atoms with van der Waals surface area (Å²) in [7, 11) is -3.84. The lowest BCUT2D eigenvalue weighted by atomic mass is 9.72. The van der Waals surface area contributed by atoms with E-state index in [0.717, 1.165) is 48.8 Å². The van der Waals surface area contributed by atoms with Gasteiger partial charge in [0.25, 0.3) is 5.91 Å². The molecule has 47 heavy (non-hydrogen) atoms. The number of nitrogens with one attached hydrogen (secondary N) is 3. The fourth-order valence-electron chi connectivity index (χ4n) is 6.71. The summed E-state index contributed by atoms with van der Waals surface area (Å²) in [5.41, 5.74) is 1.92. The maximum atomic E-state index is 14.1. The van der Waals surface area contributed by atoms with Gasteiger partial charge in [0, 0.05) is 24.9 Å². The van der Waals surface area contributed by atoms with E-state index in [9.17, 15) is 27.9 Å². The van der Waals surface area contributed by atoms with Gasteiger partial charge in [0.15, 0.2) is 9.84 Å². The molecule has 2 heterocycles. The van der Waals surface area contributed by atoms with Crippen LogP contribution in [0.3, 0.4) is 0 Å². The summed E-state index contributed by atoms with van der Waals surface area (Å²) in [6.45, 7) is 9.45. The van der Waals surface area contributed by atoms with Crippen LogP contribution < -0.4 is 16.0 Å². The molecule has 1 aromatic carbocycles. The van der Waals surface area contributed by atoms with Crippen LogP contribution in [0.2, 0.25) is 0 Å². The Hall–Kier alpha value is -2.87. The number of aliphatic hydroxyl groups is 1. The number of hydrogen-bond acceptors (Lipinski definition) is 9. The molecule has 0 radical (unpaired) electrons. The van der Waals surface area contributed by atoms with Gasteiger partial charge in [-0.2, -0.15) is 0 Å². The van der Waals surface area contributed by atoms with Crippen molar-refractivity contribution in [3.8, 4) is 0 Å². The summed E-state index contributed by atoms with van der Waals surface area (Å²) in [5.74, 6) is -0.537. The van der Waals surface area contributed by atoms with Gasteiger partial charge in [-0.3, -0.25) is 24.3 Å². The summed E-state index contributed by atoms with van der Waals surface area (Å²) >= 11 is 1.07. The number of fused-ring (bicyclic) bond motifs is 1. The summed E-state index contributed by atoms with van der Waals surface area (Å²) in [5, 5.41) is 20.5. The Bertz CT molecular complexity index is 1480. The molecule has 0 spiro atoms. The number of nitrogens with zero attached hydrogens (tertiary/aromatic N) is 2. The van der Waals surface area contributed by atoms with Crippen molar-refractivity contribution in [2.24, 2.45) is 11.8 Å². The number of benzene rings is 1. The first-order valence-electron chi connectivity index (χ1n) is 16.4. The number of piperidine rings is 1. The van der Waals surface area contributed by atoms with Crippen LogP contribution in [0.5, 0.6) is 0 Å². The molecule has 13 heteroatoms. The van der Waals surface area contributed by atoms with Gasteiger partial charge in [0.05, 0.1) is 34.6 Å². The van der Waals surface area contributed by atoms with Crippen molar-refractivity contribution in [1.29, 1.82) is 0 Å². The van der Waals surface area contributed by atoms with Crippen LogP contribution in [-0.2, 0) is 25.8 Å². The molecular weight excluding hydrogens is 639 g/mol. The lowest BCUT2D eigenvalue weighted by Crippen LogP contribution is -2.64. The number of aromatic nitrogens is 1. The molecule has 4 N–H and O–H groups in total. The maximum Gasteiger partial charge on any atom is 0.263 e. The van der Waals surface area contributed by atoms with E-state index < -0.39 is 56.2 Å². The number of likely N-dealkylation sites (tertiary alicyclic amines) is 1. The van der Waals surface area contributed by atoms with E-state index in [2.05, 4.69) is 25.8 Å². The summed E-state index contributed by atoms with van der Waals surface area (Å²) in [4.78, 5) is 47.0. The lowest BCUT2D eigenvalue weighted by Gasteiger charge is -2.47. The molecular formula is C34H51N5O6S2. The number of β-amino-alcohol motifs (C(OH)–C–C–N with tert-alkyl or cyclic N) is 1. The average molecular weight is 690 g/mol. The van der Waals surface area contributed by atoms with Gasteiger partial charge in [0.2, 0.25) is 11.8 Å². The van der Waals surface area contributed by atoms with Crippen LogP contribution in [0, 0.1) is 11.8 Å². The van der Waals surface area contributed by atoms with E-state index >= 15 is 0 Å². The lowest BCUT2D eigenvalue weighted by molar-refractivity contribution is -0.133. The first-order chi connectivity index (χ1) is 22.0. The largest absolute Gasteiger partial charge is 0.390 e. The summed E-state index contributed by atoms with van der Waals surface area (Å²) in [6, 6.07) is 6.65. The van der Waals surface area contributed by atoms with E-state index in [1.54, 1.807) is 0 Å². The van der Waals surface area contributed by atoms with Crippen LogP contribution in [-0.4, -0.2) is 95.0 Å². The fraction of sp³-hybridized carbons (Fsp3) is 0.647. The molecule has 6 atom stereocenters. The minimum atomic E-state index is -3.84. The molecule has 0 unspecified atom stereocenters. The standard InChI is InChI=1S/C34H51N5O6S2/c1-33(2,3)38-30(41)26-17-23-14-10-11-15-24(23)19-39(26)20-27(40)25(16-22-12-8-7-9-13-22)36-32(43)29(34(4,5)47(6,44)45)37-31(42)28-18-35-21-46-28/h7-9,12-13,18,21,23-27,29,40H,10-11,14-17,19-20H2,1-6H3,(H,36,43)(H,37,42)(H,38,41)/t23-,24+,25-,26-,27+,29+/m0/s1. The minimum absolute atomic E-state index is 0.0712. The van der Waals surface area contributed by atoms with Gasteiger partial charge in [-0.25, -0.2) is 8.42 Å². The zero-order valence-electron chi connectivity index (χ0n) is 28.4. The minimum Gasteiger partial charge on any atom is -0.390 e. The van der Waals surface area contributed by atoms with Gasteiger partial charge < -0.3 is 21.1 Å². The summed E-state index contributed by atoms with van der Waals surface area (Å²) in [6.07, 6.45) is 6.72. The quantitative estimate of drug-likeness (QED) is 0.265. The first kappa shape index (κ1) is 37.0. The molecule has 3 amide bonds. The Balaban J connectivity index is 1.62. The van der Waals surface area contributed by atoms with Crippen LogP contribution in [0.1, 0.15) is 82.0 Å². The smallest absolute Gasteiger partial charge is 0.263 e. The van der Waals surface area contributed by atoms with Gasteiger partial charge in [-0.1, -0.05) is 49.6 Å². The summed E-state index contributed by atoms with van der Waals surface area (Å²) < 4.78 is 24.2. The average Bonchev–Trinajstić information content (AvgIpc) is 3.53. The van der Waals surface area contributed by atoms with Gasteiger partial charge >= 0.3 is 0 Å². The number of hydrogen-bond donors (Lipinski definition) is 4. The van der Waals surface area contributed by atoms with Gasteiger partial charge in [-0.05, 0) is 71.3 Å². The molecule has 1 saturated heterocycles. The maximum absolute atomic E-state index is 14.1. The van der Waals surface area contributed by atoms with E-state index in [1.165, 1.54) is 25.6 Å². The van der Waals surface area contributed by atoms with E-state index in [1.807, 2.05) is 51.1 Å². The highest BCUT2D eigenvalue weighted by atomic mass is 32.2. The molecule has 11 nitrogen and oxygen atoms in total. The van der Waals surface area contributed by atoms with Crippen LogP contribution in [0.4, 0.5) is 0 Å². The van der Waals surface area contributed by atoms with Crippen molar-refractivity contribution in [3.63, 3.8) is 0 Å². The Morgan fingerprint density at radius 1 is 1.04 bits per heavy atom. The Labute approximate surface area is 283 Å². The number of carbonyl (C=O) groups is 3. The molecule has 2 aromatic rings. The highest BCUT2D eigenvalue weighted by Gasteiger charge is 2.46. The van der Waals surface area contributed by atoms with Crippen molar-refractivity contribution in [2.75, 3.05) is 19.3 Å². The van der Waals surface area contributed by atoms with Gasteiger partial charge in [0.1, 0.15) is 10.9 Å². The Morgan fingerprint density at radius 2 is 1.70 bits per heavy atom. The number of rotatable bonds is 12. The predicted molar refractivity (Wildman–Crippen MR) is 184 cm³/mol. The molecule has 4 rings (SSSR count). The molecule has 1 aromatic heterocycles. The van der Waals surface area contributed by atoms with E-state index in [-0.39, 0.29) is 23.7 Å². The number of aliphatic hydroxyl groups excluding tert-OH is 1. The molecule has 1 aliphatic carbocycles. The highest BCUT2D eigenvalue weighted by molar-refractivity contribution is 7.92. The third-order valence-corrected chi connectivity index (χ3v) is 12.6. The van der Waals surface area contributed by atoms with Crippen LogP contribution >= 0.6 is 11.3 Å². The molecule has 0 bridgehead atoms. The van der Waals surface area contributed by atoms with Crippen LogP contribution in [0.15, 0.2) is 42.0 Å². The van der Waals surface area contributed by atoms with Crippen molar-refractivity contribution >= 4 is 38.9 Å². The Morgan fingerprint density at radius 3 is 2.30 bits per heavy atom. The van der Waals surface area contributed by atoms with E-state index in [4.69, 9.17) is 0 Å². The van der Waals surface area contributed by atoms with Crippen molar-refractivity contribution in [1.82, 2.24) is 25.8 Å². The first-order valence-corrected chi connectivity index (χ1v) is 19.2. The second kappa shape index (κ2) is 15.1. The monoisotopic (exact) mass is 689 g/mol. The number of thiazole rings is 1. The number of carbonyl (C=O) groups excluding carboxylic acids is 3. The van der Waals surface area contributed by atoms with Crippen molar-refractivity contribution in [3.05, 3.63) is 52.5 Å². The van der Waals surface area contributed by atoms with Crippen molar-refractivity contribution in [2.45, 2.75) is 108 Å². The van der Waals surface area contributed by atoms with Crippen LogP contribution in [0.25, 0.3) is 0 Å². The molecule has 260 valence electrons. The second-order valence-corrected chi connectivity index (χ2v) is 18.3. The molecule has 1 aliphatic heterocycles. The molecule has 2 fully saturated rings. The third-order valence-electron chi connectivity index (χ3n) is 9.66. The molecule has 1 saturated carbocycles. The normalized spacial score (nSPS) is 22.7. The van der Waals surface area contributed by atoms with Crippen molar-refractivity contribution < 1.29 is 27.9 Å². The Kier molecular flexibility index (Phi) is 11.9.